The van der Waals surface area contributed by atoms with Gasteiger partial charge in [0.1, 0.15) is 23.0 Å². The minimum absolute atomic E-state index is 0.0296. The van der Waals surface area contributed by atoms with Crippen molar-refractivity contribution >= 4 is 28.1 Å². The van der Waals surface area contributed by atoms with Crippen LogP contribution in [0.15, 0.2) is 70.6 Å². The lowest BCUT2D eigenvalue weighted by molar-refractivity contribution is 0.426. The maximum absolute atomic E-state index is 14.2. The topological polar surface area (TPSA) is 79.4 Å². The number of hydrogen-bond acceptors (Lipinski definition) is 6. The number of ether oxygens (including phenoxy) is 1. The summed E-state index contributed by atoms with van der Waals surface area (Å²) >= 11 is 1.41. The molecule has 1 aromatic carbocycles. The molecular formula is C22H15FN4O2S. The number of fused-ring (bicyclic) bond motifs is 1. The van der Waals surface area contributed by atoms with Crippen LogP contribution in [-0.4, -0.2) is 9.38 Å². The van der Waals surface area contributed by atoms with Crippen LogP contribution in [-0.2, 0) is 0 Å². The third-order valence-electron chi connectivity index (χ3n) is 4.28. The van der Waals surface area contributed by atoms with E-state index >= 15 is 0 Å². The quantitative estimate of drug-likeness (QED) is 0.463. The van der Waals surface area contributed by atoms with Gasteiger partial charge < -0.3 is 10.1 Å². The number of hydrogen-bond donors (Lipinski definition) is 1. The monoisotopic (exact) mass is 418 g/mol. The Morgan fingerprint density at radius 2 is 2.10 bits per heavy atom. The average molecular weight is 418 g/mol. The molecule has 30 heavy (non-hydrogen) atoms. The Hall–Kier alpha value is -3.96. The lowest BCUT2D eigenvalue weighted by Crippen LogP contribution is -2.20. The molecule has 3 aromatic heterocycles. The summed E-state index contributed by atoms with van der Waals surface area (Å²) in [6.45, 7) is 1.81. The highest BCUT2D eigenvalue weighted by atomic mass is 32.1. The van der Waals surface area contributed by atoms with Crippen molar-refractivity contribution in [2.45, 2.75) is 6.92 Å². The second-order valence-corrected chi connectivity index (χ2v) is 7.27. The van der Waals surface area contributed by atoms with Crippen LogP contribution in [0.3, 0.4) is 0 Å². The van der Waals surface area contributed by atoms with Crippen LogP contribution in [0.1, 0.15) is 11.1 Å². The van der Waals surface area contributed by atoms with Gasteiger partial charge in [0.15, 0.2) is 11.6 Å². The number of pyridine rings is 1. The first-order valence-corrected chi connectivity index (χ1v) is 9.81. The molecule has 0 saturated carbocycles. The van der Waals surface area contributed by atoms with Crippen molar-refractivity contribution < 1.29 is 9.13 Å². The van der Waals surface area contributed by atoms with Gasteiger partial charge in [-0.3, -0.25) is 9.20 Å². The number of thiophene rings is 1. The molecule has 0 aliphatic rings. The lowest BCUT2D eigenvalue weighted by atomic mass is 10.2. The van der Waals surface area contributed by atoms with E-state index < -0.39 is 11.4 Å². The number of nitrogens with zero attached hydrogens (tertiary/aromatic N) is 3. The van der Waals surface area contributed by atoms with Crippen LogP contribution in [0, 0.1) is 24.1 Å². The highest BCUT2D eigenvalue weighted by molar-refractivity contribution is 7.14. The van der Waals surface area contributed by atoms with Gasteiger partial charge in [0.05, 0.1) is 5.00 Å². The second kappa shape index (κ2) is 8.19. The highest BCUT2D eigenvalue weighted by Crippen LogP contribution is 2.27. The van der Waals surface area contributed by atoms with Crippen LogP contribution >= 0.6 is 11.3 Å². The van der Waals surface area contributed by atoms with E-state index in [0.29, 0.717) is 5.65 Å². The molecule has 0 fully saturated rings. The fraction of sp³-hybridized carbons (Fsp3) is 0.0455. The van der Waals surface area contributed by atoms with Gasteiger partial charge in [-0.25, -0.2) is 4.39 Å². The van der Waals surface area contributed by atoms with Crippen molar-refractivity contribution in [2.24, 2.45) is 0 Å². The van der Waals surface area contributed by atoms with E-state index in [1.807, 2.05) is 36.6 Å². The van der Waals surface area contributed by atoms with E-state index in [1.54, 1.807) is 18.3 Å². The van der Waals surface area contributed by atoms with Crippen molar-refractivity contribution in [2.75, 3.05) is 5.32 Å². The smallest absolute Gasteiger partial charge is 0.269 e. The Balaban J connectivity index is 1.91. The van der Waals surface area contributed by atoms with E-state index in [0.717, 1.165) is 10.6 Å². The molecule has 148 valence electrons. The molecular weight excluding hydrogens is 403 g/mol. The normalized spacial score (nSPS) is 11.3. The predicted octanol–water partition coefficient (Wildman–Crippen LogP) is 4.97. The highest BCUT2D eigenvalue weighted by Gasteiger charge is 2.17. The third kappa shape index (κ3) is 3.79. The average Bonchev–Trinajstić information content (AvgIpc) is 3.25. The standard InChI is InChI=1S/C22H15FN4O2S/c1-14-6-4-10-27-20(14)26-21(29-18-8-3-2-7-17(18)23)16(22(27)28)12-15(13-24)25-19-9-5-11-30-19/h2-12,25H,1H3/b15-12+. The maximum atomic E-state index is 14.2. The molecule has 0 aliphatic heterocycles. The van der Waals surface area contributed by atoms with Crippen molar-refractivity contribution in [1.82, 2.24) is 9.38 Å². The number of aryl methyl sites for hydroxylation is 1. The number of aromatic nitrogens is 2. The molecule has 0 radical (unpaired) electrons. The molecule has 4 aromatic rings. The van der Waals surface area contributed by atoms with E-state index in [-0.39, 0.29) is 22.9 Å². The van der Waals surface area contributed by atoms with Crippen LogP contribution in [0.5, 0.6) is 11.6 Å². The van der Waals surface area contributed by atoms with Crippen molar-refractivity contribution in [3.05, 3.63) is 93.1 Å². The van der Waals surface area contributed by atoms with Gasteiger partial charge >= 0.3 is 0 Å². The molecule has 6 nitrogen and oxygen atoms in total. The number of anilines is 1. The molecule has 1 N–H and O–H groups in total. The Kier molecular flexibility index (Phi) is 5.28. The molecule has 8 heteroatoms. The van der Waals surface area contributed by atoms with Crippen molar-refractivity contribution in [3.63, 3.8) is 0 Å². The zero-order chi connectivity index (χ0) is 21.1. The summed E-state index contributed by atoms with van der Waals surface area (Å²) in [6.07, 6.45) is 2.95. The second-order valence-electron chi connectivity index (χ2n) is 6.33. The Morgan fingerprint density at radius 1 is 1.27 bits per heavy atom. The summed E-state index contributed by atoms with van der Waals surface area (Å²) in [5, 5.41) is 15.1. The predicted molar refractivity (Wildman–Crippen MR) is 114 cm³/mol. The van der Waals surface area contributed by atoms with Crippen LogP contribution < -0.4 is 15.6 Å². The van der Waals surface area contributed by atoms with E-state index in [1.165, 1.54) is 40.0 Å². The molecule has 0 amide bonds. The number of benzene rings is 1. The zero-order valence-electron chi connectivity index (χ0n) is 15.8. The number of nitriles is 1. The van der Waals surface area contributed by atoms with Gasteiger partial charge in [-0.15, -0.1) is 11.3 Å². The summed E-state index contributed by atoms with van der Waals surface area (Å²) in [5.41, 5.74) is 0.858. The third-order valence-corrected chi connectivity index (χ3v) is 5.07. The van der Waals surface area contributed by atoms with Gasteiger partial charge in [0.25, 0.3) is 5.56 Å². The number of halogens is 1. The van der Waals surface area contributed by atoms with E-state index in [2.05, 4.69) is 10.3 Å². The number of nitrogens with one attached hydrogen (secondary N) is 1. The van der Waals surface area contributed by atoms with Gasteiger partial charge in [0, 0.05) is 6.20 Å². The summed E-state index contributed by atoms with van der Waals surface area (Å²) in [5.74, 6) is -0.738. The Labute approximate surface area is 175 Å². The van der Waals surface area contributed by atoms with Crippen LogP contribution in [0.25, 0.3) is 11.7 Å². The van der Waals surface area contributed by atoms with Gasteiger partial charge in [-0.1, -0.05) is 18.2 Å². The lowest BCUT2D eigenvalue weighted by Gasteiger charge is -2.12. The first kappa shape index (κ1) is 19.4. The van der Waals surface area contributed by atoms with Gasteiger partial charge in [0.2, 0.25) is 5.88 Å². The SMILES string of the molecule is Cc1cccn2c(=O)c(/C=C(\C#N)Nc3cccs3)c(Oc3ccccc3F)nc12. The fourth-order valence-corrected chi connectivity index (χ4v) is 3.48. The summed E-state index contributed by atoms with van der Waals surface area (Å²) in [7, 11) is 0. The van der Waals surface area contributed by atoms with Crippen LogP contribution in [0.4, 0.5) is 9.39 Å². The summed E-state index contributed by atoms with van der Waals surface area (Å²) in [4.78, 5) is 17.7. The maximum Gasteiger partial charge on any atom is 0.269 e. The molecule has 3 heterocycles. The summed E-state index contributed by atoms with van der Waals surface area (Å²) < 4.78 is 21.2. The van der Waals surface area contributed by atoms with E-state index in [4.69, 9.17) is 4.74 Å². The van der Waals surface area contributed by atoms with Crippen molar-refractivity contribution in [1.29, 1.82) is 5.26 Å². The molecule has 0 unspecified atom stereocenters. The molecule has 4 rings (SSSR count). The Morgan fingerprint density at radius 3 is 2.83 bits per heavy atom. The Bertz CT molecular complexity index is 1350. The molecule has 0 atom stereocenters. The zero-order valence-corrected chi connectivity index (χ0v) is 16.6. The molecule has 0 bridgehead atoms. The van der Waals surface area contributed by atoms with E-state index in [9.17, 15) is 14.4 Å². The first-order valence-electron chi connectivity index (χ1n) is 8.93. The van der Waals surface area contributed by atoms with Crippen molar-refractivity contribution in [3.8, 4) is 17.7 Å². The number of allylic oxidation sites excluding steroid dienone is 1. The number of para-hydroxylation sites is 1. The minimum atomic E-state index is -0.587. The van der Waals surface area contributed by atoms with Gasteiger partial charge in [-0.2, -0.15) is 10.2 Å². The fourth-order valence-electron chi connectivity index (χ4n) is 2.85. The largest absolute Gasteiger partial charge is 0.435 e. The molecule has 0 aliphatic carbocycles. The molecule has 0 saturated heterocycles. The summed E-state index contributed by atoms with van der Waals surface area (Å²) in [6, 6.07) is 15.1. The number of rotatable bonds is 5. The first-order chi connectivity index (χ1) is 14.6. The van der Waals surface area contributed by atoms with Crippen LogP contribution in [0.2, 0.25) is 0 Å². The minimum Gasteiger partial charge on any atom is -0.435 e. The van der Waals surface area contributed by atoms with Gasteiger partial charge in [-0.05, 0) is 54.3 Å². The molecule has 0 spiro atoms.